The molecule has 1 atom stereocenters. The van der Waals surface area contributed by atoms with Gasteiger partial charge in [-0.1, -0.05) is 42.5 Å². The SMILES string of the molecule is Nc1nccn2c([C@@H]3CC4(CC4)CN3C(=O)OCc3ccccc3)nc(-c3ccc(C(=O)Nc4cc(-c5ccc(F)cc5)ccn4)cc3F)c12. The number of aromatic nitrogens is 4. The van der Waals surface area contributed by atoms with E-state index >= 15 is 4.39 Å². The number of nitrogen functional groups attached to an aromatic ring is 1. The number of carbonyl (C=O) groups is 2. The van der Waals surface area contributed by atoms with Crippen LogP contribution in [0.25, 0.3) is 27.9 Å². The normalized spacial score (nSPS) is 16.1. The van der Waals surface area contributed by atoms with E-state index in [1.165, 1.54) is 30.5 Å². The molecule has 10 nitrogen and oxygen atoms in total. The van der Waals surface area contributed by atoms with Crippen LogP contribution in [0.4, 0.5) is 25.2 Å². The number of nitrogens with one attached hydrogen (secondary N) is 1. The van der Waals surface area contributed by atoms with Crippen LogP contribution < -0.4 is 11.1 Å². The van der Waals surface area contributed by atoms with Gasteiger partial charge in [0.05, 0.1) is 6.04 Å². The Morgan fingerprint density at radius 3 is 2.50 bits per heavy atom. The number of anilines is 2. The van der Waals surface area contributed by atoms with Gasteiger partial charge in [0.15, 0.2) is 0 Å². The molecular formula is C38H31F2N7O3. The third kappa shape index (κ3) is 5.89. The largest absolute Gasteiger partial charge is 0.445 e. The fourth-order valence-corrected chi connectivity index (χ4v) is 6.69. The van der Waals surface area contributed by atoms with Gasteiger partial charge < -0.3 is 15.8 Å². The molecule has 1 saturated heterocycles. The van der Waals surface area contributed by atoms with Gasteiger partial charge in [-0.15, -0.1) is 0 Å². The predicted molar refractivity (Wildman–Crippen MR) is 183 cm³/mol. The van der Waals surface area contributed by atoms with Crippen LogP contribution in [-0.2, 0) is 11.3 Å². The van der Waals surface area contributed by atoms with Crippen LogP contribution in [0.15, 0.2) is 104 Å². The van der Waals surface area contributed by atoms with Crippen LogP contribution >= 0.6 is 0 Å². The fraction of sp³-hybridized carbons (Fsp3) is 0.184. The number of carbonyl (C=O) groups excluding carboxylic acids is 2. The number of hydrogen-bond acceptors (Lipinski definition) is 7. The number of halogens is 2. The maximum absolute atomic E-state index is 16.0. The lowest BCUT2D eigenvalue weighted by molar-refractivity contribution is 0.0897. The molecule has 2 fully saturated rings. The highest BCUT2D eigenvalue weighted by Gasteiger charge is 2.55. The Hall–Kier alpha value is -6.17. The number of rotatable bonds is 7. The van der Waals surface area contributed by atoms with E-state index in [1.807, 2.05) is 30.3 Å². The summed E-state index contributed by atoms with van der Waals surface area (Å²) in [5, 5.41) is 2.71. The van der Waals surface area contributed by atoms with Crippen LogP contribution in [0, 0.1) is 17.0 Å². The summed E-state index contributed by atoms with van der Waals surface area (Å²) in [6, 6.07) is 22.5. The third-order valence-corrected chi connectivity index (χ3v) is 9.48. The van der Waals surface area contributed by atoms with Gasteiger partial charge in [-0.2, -0.15) is 0 Å². The second-order valence-corrected chi connectivity index (χ2v) is 12.8. The summed E-state index contributed by atoms with van der Waals surface area (Å²) < 4.78 is 36.9. The number of nitrogens with zero attached hydrogens (tertiary/aromatic N) is 5. The second kappa shape index (κ2) is 12.4. The van der Waals surface area contributed by atoms with Gasteiger partial charge in [-0.25, -0.2) is 28.5 Å². The van der Waals surface area contributed by atoms with Crippen molar-refractivity contribution in [2.45, 2.75) is 31.9 Å². The number of fused-ring (bicyclic) bond motifs is 1. The quantitative estimate of drug-likeness (QED) is 0.181. The third-order valence-electron chi connectivity index (χ3n) is 9.48. The summed E-state index contributed by atoms with van der Waals surface area (Å²) in [6.07, 6.45) is 7.01. The monoisotopic (exact) mass is 671 g/mol. The van der Waals surface area contributed by atoms with Crippen molar-refractivity contribution in [1.29, 1.82) is 0 Å². The highest BCUT2D eigenvalue weighted by molar-refractivity contribution is 6.04. The molecule has 2 aliphatic rings. The molecular weight excluding hydrogens is 640 g/mol. The minimum atomic E-state index is -0.690. The molecule has 250 valence electrons. The number of imidazole rings is 1. The first kappa shape index (κ1) is 31.1. The first-order valence-electron chi connectivity index (χ1n) is 16.2. The molecule has 50 heavy (non-hydrogen) atoms. The van der Waals surface area contributed by atoms with Gasteiger partial charge in [0.25, 0.3) is 5.91 Å². The van der Waals surface area contributed by atoms with Crippen LogP contribution in [0.2, 0.25) is 0 Å². The lowest BCUT2D eigenvalue weighted by atomic mass is 10.0. The molecule has 12 heteroatoms. The molecule has 3 aromatic heterocycles. The van der Waals surface area contributed by atoms with Crippen molar-refractivity contribution in [3.8, 4) is 22.4 Å². The number of nitrogens with two attached hydrogens (primary N) is 1. The molecule has 0 bridgehead atoms. The minimum absolute atomic E-state index is 0.00530. The molecule has 8 rings (SSSR count). The van der Waals surface area contributed by atoms with E-state index in [2.05, 4.69) is 15.3 Å². The van der Waals surface area contributed by atoms with Crippen LogP contribution in [0.5, 0.6) is 0 Å². The molecule has 6 aromatic rings. The van der Waals surface area contributed by atoms with Crippen molar-refractivity contribution < 1.29 is 23.1 Å². The molecule has 2 amide bonds. The Morgan fingerprint density at radius 2 is 1.74 bits per heavy atom. The Labute approximate surface area is 285 Å². The van der Waals surface area contributed by atoms with Crippen molar-refractivity contribution in [2.75, 3.05) is 17.6 Å². The minimum Gasteiger partial charge on any atom is -0.445 e. The average Bonchev–Trinajstić information content (AvgIpc) is 3.61. The van der Waals surface area contributed by atoms with Crippen molar-refractivity contribution in [1.82, 2.24) is 24.3 Å². The Bertz CT molecular complexity index is 2260. The first-order chi connectivity index (χ1) is 24.3. The highest BCUT2D eigenvalue weighted by Crippen LogP contribution is 2.58. The Kier molecular flexibility index (Phi) is 7.70. The fourth-order valence-electron chi connectivity index (χ4n) is 6.69. The van der Waals surface area contributed by atoms with Crippen molar-refractivity contribution in [3.05, 3.63) is 132 Å². The number of amides is 2. The Morgan fingerprint density at radius 1 is 0.940 bits per heavy atom. The van der Waals surface area contributed by atoms with Gasteiger partial charge in [0.2, 0.25) is 0 Å². The summed E-state index contributed by atoms with van der Waals surface area (Å²) in [7, 11) is 0. The highest BCUT2D eigenvalue weighted by atomic mass is 19.1. The molecule has 1 saturated carbocycles. The van der Waals surface area contributed by atoms with Gasteiger partial charge in [-0.05, 0) is 83.8 Å². The van der Waals surface area contributed by atoms with Crippen molar-refractivity contribution >= 4 is 29.2 Å². The molecule has 0 unspecified atom stereocenters. The summed E-state index contributed by atoms with van der Waals surface area (Å²) in [4.78, 5) is 41.8. The number of hydrogen-bond donors (Lipinski definition) is 2. The maximum Gasteiger partial charge on any atom is 0.410 e. The number of pyridine rings is 1. The van der Waals surface area contributed by atoms with E-state index in [0.29, 0.717) is 24.3 Å². The topological polar surface area (TPSA) is 128 Å². The summed E-state index contributed by atoms with van der Waals surface area (Å²) in [6.45, 7) is 0.678. The molecule has 4 heterocycles. The van der Waals surface area contributed by atoms with E-state index < -0.39 is 23.9 Å². The lowest BCUT2D eigenvalue weighted by Crippen LogP contribution is -2.32. The number of ether oxygens (including phenoxy) is 1. The van der Waals surface area contributed by atoms with Crippen molar-refractivity contribution in [3.63, 3.8) is 0 Å². The molecule has 3 N–H and O–H groups in total. The standard InChI is InChI=1S/C38H31F2N7O3/c39-27-9-6-24(7-10-27)25-12-15-42-31(19-25)44-36(48)26-8-11-28(29(40)18-26)32-33-34(41)43-16-17-46(33)35(45-32)30-20-38(13-14-38)22-47(30)37(49)50-21-23-4-2-1-3-5-23/h1-12,15-19,30H,13-14,20-22H2,(H2,41,43)(H,42,44,48)/t30-/m0/s1. The summed E-state index contributed by atoms with van der Waals surface area (Å²) >= 11 is 0. The van der Waals surface area contributed by atoms with E-state index in [-0.39, 0.29) is 46.3 Å². The van der Waals surface area contributed by atoms with Crippen LogP contribution in [0.3, 0.4) is 0 Å². The van der Waals surface area contributed by atoms with Gasteiger partial charge in [0, 0.05) is 36.3 Å². The van der Waals surface area contributed by atoms with Gasteiger partial charge in [-0.3, -0.25) is 14.1 Å². The molecule has 0 radical (unpaired) electrons. The van der Waals surface area contributed by atoms with Crippen LogP contribution in [-0.4, -0.2) is 42.8 Å². The van der Waals surface area contributed by atoms with E-state index in [0.717, 1.165) is 35.6 Å². The average molecular weight is 672 g/mol. The molecule has 1 aliphatic heterocycles. The van der Waals surface area contributed by atoms with Crippen molar-refractivity contribution in [2.24, 2.45) is 5.41 Å². The van der Waals surface area contributed by atoms with E-state index in [1.54, 1.807) is 46.0 Å². The van der Waals surface area contributed by atoms with E-state index in [9.17, 15) is 14.0 Å². The summed E-state index contributed by atoms with van der Waals surface area (Å²) in [5.74, 6) is -0.691. The second-order valence-electron chi connectivity index (χ2n) is 12.8. The van der Waals surface area contributed by atoms with Crippen LogP contribution in [0.1, 0.15) is 47.1 Å². The molecule has 1 spiro atoms. The zero-order valence-electron chi connectivity index (χ0n) is 26.7. The molecule has 1 aliphatic carbocycles. The summed E-state index contributed by atoms with van der Waals surface area (Å²) in [5.41, 5.74) is 9.55. The van der Waals surface area contributed by atoms with Gasteiger partial charge >= 0.3 is 6.09 Å². The predicted octanol–water partition coefficient (Wildman–Crippen LogP) is 7.43. The smallest absolute Gasteiger partial charge is 0.410 e. The number of likely N-dealkylation sites (tertiary alicyclic amines) is 1. The zero-order chi connectivity index (χ0) is 34.4. The molecule has 3 aromatic carbocycles. The first-order valence-corrected chi connectivity index (χ1v) is 16.2. The zero-order valence-corrected chi connectivity index (χ0v) is 26.7. The number of benzene rings is 3. The Balaban J connectivity index is 1.08. The van der Waals surface area contributed by atoms with Gasteiger partial charge in [0.1, 0.15) is 46.9 Å². The van der Waals surface area contributed by atoms with E-state index in [4.69, 9.17) is 15.5 Å². The maximum atomic E-state index is 16.0. The lowest BCUT2D eigenvalue weighted by Gasteiger charge is -2.23.